The van der Waals surface area contributed by atoms with Crippen molar-refractivity contribution in [2.24, 2.45) is 11.8 Å². The number of aliphatic hydroxyl groups is 1. The summed E-state index contributed by atoms with van der Waals surface area (Å²) in [4.78, 5) is 25.6. The third kappa shape index (κ3) is 5.64. The highest BCUT2D eigenvalue weighted by Gasteiger charge is 2.28. The topological polar surface area (TPSA) is 88.0 Å². The summed E-state index contributed by atoms with van der Waals surface area (Å²) in [5, 5.41) is 20.6. The standard InChI is InChI=1S/C33H32ClN3O3/c1-21(17-30-28-19-27(34)14-15-29(28)35-36-30)22(2)32(39)24-7-6-8-26(18-24)33(3,40)25-12-10-23(11-13-25)20-37-16-5-4-9-31(37)38/h4-16,18-19,21-22,40H,17,20H2,1-3H3,(H,35,36). The monoisotopic (exact) mass is 553 g/mol. The van der Waals surface area contributed by atoms with E-state index in [-0.39, 0.29) is 23.2 Å². The number of carbonyl (C=O) groups is 1. The number of nitrogens with one attached hydrogen (secondary N) is 1. The van der Waals surface area contributed by atoms with Crippen LogP contribution in [0.25, 0.3) is 10.9 Å². The van der Waals surface area contributed by atoms with Gasteiger partial charge < -0.3 is 9.67 Å². The molecule has 0 saturated carbocycles. The quantitative estimate of drug-likeness (QED) is 0.207. The van der Waals surface area contributed by atoms with Crippen LogP contribution >= 0.6 is 11.6 Å². The number of fused-ring (bicyclic) bond motifs is 1. The van der Waals surface area contributed by atoms with Crippen molar-refractivity contribution < 1.29 is 9.90 Å². The molecule has 0 radical (unpaired) electrons. The first-order valence-corrected chi connectivity index (χ1v) is 13.8. The summed E-state index contributed by atoms with van der Waals surface area (Å²) in [6.45, 7) is 6.18. The van der Waals surface area contributed by atoms with Crippen molar-refractivity contribution in [1.82, 2.24) is 14.8 Å². The van der Waals surface area contributed by atoms with E-state index in [2.05, 4.69) is 17.1 Å². The maximum absolute atomic E-state index is 13.5. The second kappa shape index (κ2) is 11.2. The first kappa shape index (κ1) is 27.6. The zero-order chi connectivity index (χ0) is 28.4. The van der Waals surface area contributed by atoms with Gasteiger partial charge in [-0.05, 0) is 66.3 Å². The summed E-state index contributed by atoms with van der Waals surface area (Å²) in [5.41, 5.74) is 3.30. The Kier molecular flexibility index (Phi) is 7.74. The van der Waals surface area contributed by atoms with Crippen LogP contribution in [0.5, 0.6) is 0 Å². The Morgan fingerprint density at radius 1 is 1.00 bits per heavy atom. The van der Waals surface area contributed by atoms with Crippen molar-refractivity contribution in [2.45, 2.75) is 39.3 Å². The average molecular weight is 554 g/mol. The minimum atomic E-state index is -1.30. The van der Waals surface area contributed by atoms with Crippen molar-refractivity contribution in [1.29, 1.82) is 0 Å². The van der Waals surface area contributed by atoms with Crippen LogP contribution in [0.4, 0.5) is 0 Å². The fourth-order valence-corrected chi connectivity index (χ4v) is 5.25. The van der Waals surface area contributed by atoms with Crippen molar-refractivity contribution in [3.8, 4) is 0 Å². The lowest BCUT2D eigenvalue weighted by molar-refractivity contribution is 0.0890. The molecule has 0 aliphatic rings. The van der Waals surface area contributed by atoms with Gasteiger partial charge in [0, 0.05) is 39.8 Å². The highest BCUT2D eigenvalue weighted by Crippen LogP contribution is 2.31. The van der Waals surface area contributed by atoms with Gasteiger partial charge in [0.1, 0.15) is 5.60 Å². The lowest BCUT2D eigenvalue weighted by Crippen LogP contribution is -2.25. The van der Waals surface area contributed by atoms with Crippen LogP contribution in [0.1, 0.15) is 53.5 Å². The van der Waals surface area contributed by atoms with Crippen LogP contribution in [-0.2, 0) is 18.6 Å². The van der Waals surface area contributed by atoms with E-state index in [1.807, 2.05) is 67.6 Å². The van der Waals surface area contributed by atoms with Crippen molar-refractivity contribution in [2.75, 3.05) is 0 Å². The Balaban J connectivity index is 1.31. The molecule has 0 bridgehead atoms. The second-order valence-electron chi connectivity index (χ2n) is 10.7. The van der Waals surface area contributed by atoms with Crippen LogP contribution in [0.15, 0.2) is 95.9 Å². The molecule has 0 amide bonds. The molecular formula is C33H32ClN3O3. The molecule has 0 saturated heterocycles. The zero-order valence-corrected chi connectivity index (χ0v) is 23.5. The minimum Gasteiger partial charge on any atom is -0.381 e. The number of nitrogens with zero attached hydrogens (tertiary/aromatic N) is 2. The Morgan fingerprint density at radius 3 is 2.52 bits per heavy atom. The molecule has 2 N–H and O–H groups in total. The number of rotatable bonds is 9. The molecule has 7 heteroatoms. The lowest BCUT2D eigenvalue weighted by atomic mass is 9.82. The van der Waals surface area contributed by atoms with E-state index in [1.54, 1.807) is 35.9 Å². The van der Waals surface area contributed by atoms with Gasteiger partial charge in [0.05, 0.1) is 12.1 Å². The molecule has 2 heterocycles. The number of pyridine rings is 1. The molecule has 0 fully saturated rings. The van der Waals surface area contributed by atoms with Crippen LogP contribution in [0.3, 0.4) is 0 Å². The third-order valence-electron chi connectivity index (χ3n) is 7.87. The van der Waals surface area contributed by atoms with Gasteiger partial charge in [-0.3, -0.25) is 14.7 Å². The van der Waals surface area contributed by atoms with Crippen LogP contribution in [-0.4, -0.2) is 25.7 Å². The molecule has 6 nitrogen and oxygen atoms in total. The first-order valence-electron chi connectivity index (χ1n) is 13.4. The van der Waals surface area contributed by atoms with E-state index in [1.165, 1.54) is 6.07 Å². The smallest absolute Gasteiger partial charge is 0.250 e. The highest BCUT2D eigenvalue weighted by atomic mass is 35.5. The Bertz CT molecular complexity index is 1720. The van der Waals surface area contributed by atoms with Crippen molar-refractivity contribution >= 4 is 28.3 Å². The van der Waals surface area contributed by atoms with Gasteiger partial charge in [-0.25, -0.2) is 0 Å². The number of halogens is 1. The van der Waals surface area contributed by atoms with Gasteiger partial charge in [0.2, 0.25) is 0 Å². The number of hydrogen-bond donors (Lipinski definition) is 2. The predicted octanol–water partition coefficient (Wildman–Crippen LogP) is 6.38. The molecule has 0 aliphatic carbocycles. The minimum absolute atomic E-state index is 0.0238. The molecule has 5 rings (SSSR count). The molecule has 0 aliphatic heterocycles. The van der Waals surface area contributed by atoms with Gasteiger partial charge in [0.25, 0.3) is 5.56 Å². The van der Waals surface area contributed by atoms with E-state index in [0.29, 0.717) is 34.7 Å². The molecule has 3 unspecified atom stereocenters. The van der Waals surface area contributed by atoms with Crippen LogP contribution in [0.2, 0.25) is 5.02 Å². The normalized spacial score (nSPS) is 14.5. The predicted molar refractivity (Wildman–Crippen MR) is 159 cm³/mol. The molecule has 2 aromatic heterocycles. The summed E-state index contributed by atoms with van der Waals surface area (Å²) in [7, 11) is 0. The number of H-pyrrole nitrogens is 1. The molecule has 3 aromatic carbocycles. The fourth-order valence-electron chi connectivity index (χ4n) is 5.08. The van der Waals surface area contributed by atoms with Gasteiger partial charge in [0.15, 0.2) is 5.78 Å². The van der Waals surface area contributed by atoms with E-state index in [9.17, 15) is 14.7 Å². The van der Waals surface area contributed by atoms with Crippen LogP contribution in [0, 0.1) is 11.8 Å². The molecule has 5 aromatic rings. The first-order chi connectivity index (χ1) is 19.1. The largest absolute Gasteiger partial charge is 0.381 e. The maximum atomic E-state index is 13.5. The van der Waals surface area contributed by atoms with Crippen molar-refractivity contribution in [3.05, 3.63) is 134 Å². The summed E-state index contributed by atoms with van der Waals surface area (Å²) >= 11 is 6.19. The van der Waals surface area contributed by atoms with Crippen molar-refractivity contribution in [3.63, 3.8) is 0 Å². The number of aromatic nitrogens is 3. The summed E-state index contributed by atoms with van der Waals surface area (Å²) in [6.07, 6.45) is 2.41. The van der Waals surface area contributed by atoms with Gasteiger partial charge in [-0.15, -0.1) is 0 Å². The highest BCUT2D eigenvalue weighted by molar-refractivity contribution is 6.31. The van der Waals surface area contributed by atoms with Gasteiger partial charge in [-0.2, -0.15) is 5.10 Å². The van der Waals surface area contributed by atoms with E-state index < -0.39 is 5.60 Å². The fraction of sp³-hybridized carbons (Fsp3) is 0.242. The zero-order valence-electron chi connectivity index (χ0n) is 22.8. The van der Waals surface area contributed by atoms with E-state index >= 15 is 0 Å². The summed E-state index contributed by atoms with van der Waals surface area (Å²) in [6, 6.07) is 25.5. The van der Waals surface area contributed by atoms with Crippen LogP contribution < -0.4 is 5.56 Å². The second-order valence-corrected chi connectivity index (χ2v) is 11.2. The average Bonchev–Trinajstić information content (AvgIpc) is 3.35. The summed E-state index contributed by atoms with van der Waals surface area (Å²) < 4.78 is 1.63. The van der Waals surface area contributed by atoms with E-state index in [0.717, 1.165) is 22.2 Å². The number of ketones is 1. The number of Topliss-reactive ketones (excluding diaryl/α,β-unsaturated/α-hetero) is 1. The Morgan fingerprint density at radius 2 is 1.77 bits per heavy atom. The SMILES string of the molecule is CC(Cc1[nH]nc2ccc(Cl)cc12)C(C)C(=O)c1cccc(C(C)(O)c2ccc(Cn3ccccc3=O)cc2)c1. The van der Waals surface area contributed by atoms with E-state index in [4.69, 9.17) is 11.6 Å². The molecule has 3 atom stereocenters. The number of carbonyl (C=O) groups excluding carboxylic acids is 1. The number of hydrogen-bond acceptors (Lipinski definition) is 4. The molecular weight excluding hydrogens is 522 g/mol. The molecule has 0 spiro atoms. The maximum Gasteiger partial charge on any atom is 0.250 e. The molecule has 40 heavy (non-hydrogen) atoms. The Hall–Kier alpha value is -4.00. The lowest BCUT2D eigenvalue weighted by Gasteiger charge is -2.26. The number of benzene rings is 3. The van der Waals surface area contributed by atoms with Gasteiger partial charge in [-0.1, -0.05) is 74.0 Å². The number of aromatic amines is 1. The summed E-state index contributed by atoms with van der Waals surface area (Å²) in [5.74, 6) is -0.182. The van der Waals surface area contributed by atoms with Gasteiger partial charge >= 0.3 is 0 Å². The molecule has 204 valence electrons. The Labute approximate surface area is 238 Å². The third-order valence-corrected chi connectivity index (χ3v) is 8.10.